The molecule has 1 N–H and O–H groups in total. The molecule has 5 aromatic rings. The number of hydrogen-bond donors (Lipinski definition) is 1. The number of methoxy groups -OCH3 is 4. The van der Waals surface area contributed by atoms with Crippen LogP contribution >= 0.6 is 0 Å². The van der Waals surface area contributed by atoms with E-state index in [4.69, 9.17) is 14.2 Å². The Morgan fingerprint density at radius 1 is 0.829 bits per heavy atom. The number of nitrogens with one attached hydrogen (secondary N) is 1. The Kier molecular flexibility index (Phi) is 8.72. The Hall–Kier alpha value is -5.52. The van der Waals surface area contributed by atoms with Crippen LogP contribution in [0.25, 0.3) is 21.8 Å². The largest absolute Gasteiger partial charge is 0.497 e. The van der Waals surface area contributed by atoms with E-state index < -0.39 is 11.9 Å². The van der Waals surface area contributed by atoms with E-state index in [0.717, 1.165) is 5.56 Å². The van der Waals surface area contributed by atoms with Crippen molar-refractivity contribution in [1.82, 2.24) is 19.5 Å². The summed E-state index contributed by atoms with van der Waals surface area (Å²) in [7, 11) is 5.68. The number of esters is 2. The molecular weight excluding hydrogens is 532 g/mol. The summed E-state index contributed by atoms with van der Waals surface area (Å²) in [5.41, 5.74) is 1.41. The molecular formula is C29H26N4O8. The summed E-state index contributed by atoms with van der Waals surface area (Å²) in [5.74, 6) is 0.164. The number of rotatable bonds is 6. The number of fused-ring (bicyclic) bond motifs is 2. The Labute approximate surface area is 233 Å². The fourth-order valence-electron chi connectivity index (χ4n) is 4.12. The van der Waals surface area contributed by atoms with E-state index in [0.29, 0.717) is 33.3 Å². The normalized spacial score (nSPS) is 10.4. The molecule has 0 bridgehead atoms. The molecule has 0 saturated heterocycles. The number of benzene rings is 1. The average molecular weight is 559 g/mol. The molecule has 0 saturated carbocycles. The fourth-order valence-corrected chi connectivity index (χ4v) is 4.12. The highest BCUT2D eigenvalue weighted by Gasteiger charge is 2.17. The van der Waals surface area contributed by atoms with Gasteiger partial charge in [-0.3, -0.25) is 19.6 Å². The maximum Gasteiger partial charge on any atom is 0.341 e. The highest BCUT2D eigenvalue weighted by molar-refractivity contribution is 6.02. The lowest BCUT2D eigenvalue weighted by Gasteiger charge is -2.14. The van der Waals surface area contributed by atoms with Gasteiger partial charge in [0.25, 0.3) is 11.1 Å². The third kappa shape index (κ3) is 5.91. The molecule has 0 spiro atoms. The molecule has 0 unspecified atom stereocenters. The molecule has 0 amide bonds. The summed E-state index contributed by atoms with van der Waals surface area (Å²) < 4.78 is 21.4. The number of hydrogen-bond acceptors (Lipinski definition) is 10. The molecule has 0 aliphatic rings. The zero-order valence-electron chi connectivity index (χ0n) is 22.7. The second kappa shape index (κ2) is 12.6. The van der Waals surface area contributed by atoms with Crippen molar-refractivity contribution >= 4 is 33.7 Å². The number of carbonyl (C=O) groups excluding carboxylic acids is 2. The van der Waals surface area contributed by atoms with E-state index in [-0.39, 0.29) is 28.8 Å². The van der Waals surface area contributed by atoms with Crippen LogP contribution in [-0.4, -0.2) is 59.9 Å². The van der Waals surface area contributed by atoms with Gasteiger partial charge in [0.1, 0.15) is 22.6 Å². The predicted molar refractivity (Wildman–Crippen MR) is 150 cm³/mol. The molecule has 5 rings (SSSR count). The zero-order valence-corrected chi connectivity index (χ0v) is 22.7. The van der Waals surface area contributed by atoms with Gasteiger partial charge in [-0.2, -0.15) is 0 Å². The van der Waals surface area contributed by atoms with Crippen molar-refractivity contribution in [3.05, 3.63) is 105 Å². The van der Waals surface area contributed by atoms with Crippen LogP contribution in [0.2, 0.25) is 0 Å². The van der Waals surface area contributed by atoms with Crippen LogP contribution in [-0.2, 0) is 16.0 Å². The monoisotopic (exact) mass is 558 g/mol. The lowest BCUT2D eigenvalue weighted by Crippen LogP contribution is -2.23. The predicted octanol–water partition coefficient (Wildman–Crippen LogP) is 2.96. The molecule has 1 aromatic carbocycles. The van der Waals surface area contributed by atoms with Crippen LogP contribution in [0, 0.1) is 0 Å². The smallest absolute Gasteiger partial charge is 0.341 e. The maximum atomic E-state index is 12.8. The van der Waals surface area contributed by atoms with Gasteiger partial charge in [-0.25, -0.2) is 9.59 Å². The van der Waals surface area contributed by atoms with E-state index in [2.05, 4.69) is 19.7 Å². The molecule has 4 heterocycles. The lowest BCUT2D eigenvalue weighted by molar-refractivity contribution is 0.0593. The first kappa shape index (κ1) is 28.5. The Bertz CT molecular complexity index is 1860. The number of aromatic nitrogens is 4. The van der Waals surface area contributed by atoms with Crippen LogP contribution in [0.15, 0.2) is 76.8 Å². The Morgan fingerprint density at radius 2 is 1.46 bits per heavy atom. The Morgan fingerprint density at radius 3 is 2.10 bits per heavy atom. The van der Waals surface area contributed by atoms with Crippen LogP contribution in [0.4, 0.5) is 0 Å². The summed E-state index contributed by atoms with van der Waals surface area (Å²) in [6.07, 6.45) is 5.83. The highest BCUT2D eigenvalue weighted by Crippen LogP contribution is 2.25. The molecule has 0 aliphatic heterocycles. The SMILES string of the molecule is COC(=O)c1c[nH]c(=O)c2cccnc12.COC(=O)c1cn(Cc2ccc(OC)cc2OC)c(=O)c2cccnc12. The van der Waals surface area contributed by atoms with Gasteiger partial charge >= 0.3 is 11.9 Å². The number of ether oxygens (including phenoxy) is 4. The minimum atomic E-state index is -0.552. The van der Waals surface area contributed by atoms with Crippen molar-refractivity contribution in [1.29, 1.82) is 0 Å². The van der Waals surface area contributed by atoms with Gasteiger partial charge in [0, 0.05) is 36.4 Å². The van der Waals surface area contributed by atoms with Crippen molar-refractivity contribution in [3.8, 4) is 11.5 Å². The first-order chi connectivity index (χ1) is 19.8. The van der Waals surface area contributed by atoms with Gasteiger partial charge in [-0.05, 0) is 36.4 Å². The van der Waals surface area contributed by atoms with Crippen molar-refractivity contribution in [3.63, 3.8) is 0 Å². The second-order valence-electron chi connectivity index (χ2n) is 8.47. The summed E-state index contributed by atoms with van der Waals surface area (Å²) in [6.45, 7) is 0.223. The van der Waals surface area contributed by atoms with Crippen LogP contribution in [0.1, 0.15) is 26.3 Å². The van der Waals surface area contributed by atoms with E-state index in [9.17, 15) is 19.2 Å². The summed E-state index contributed by atoms with van der Waals surface area (Å²) >= 11 is 0. The van der Waals surface area contributed by atoms with Crippen molar-refractivity contribution in [2.75, 3.05) is 28.4 Å². The number of aromatic amines is 1. The summed E-state index contributed by atoms with van der Waals surface area (Å²) in [4.78, 5) is 58.3. The lowest BCUT2D eigenvalue weighted by atomic mass is 10.1. The van der Waals surface area contributed by atoms with Crippen molar-refractivity contribution in [2.45, 2.75) is 6.54 Å². The van der Waals surface area contributed by atoms with Gasteiger partial charge in [0.05, 0.1) is 56.8 Å². The minimum absolute atomic E-state index is 0.223. The van der Waals surface area contributed by atoms with Crippen LogP contribution in [0.3, 0.4) is 0 Å². The van der Waals surface area contributed by atoms with Crippen LogP contribution < -0.4 is 20.6 Å². The number of H-pyrrole nitrogens is 1. The summed E-state index contributed by atoms with van der Waals surface area (Å²) in [5, 5.41) is 0.725. The molecule has 12 nitrogen and oxygen atoms in total. The molecule has 4 aromatic heterocycles. The van der Waals surface area contributed by atoms with Gasteiger partial charge in [0.2, 0.25) is 0 Å². The quantitative estimate of drug-likeness (QED) is 0.308. The number of pyridine rings is 4. The molecule has 0 fully saturated rings. The maximum absolute atomic E-state index is 12.8. The first-order valence-corrected chi connectivity index (χ1v) is 12.1. The molecule has 41 heavy (non-hydrogen) atoms. The third-order valence-electron chi connectivity index (χ3n) is 6.14. The fraction of sp³-hybridized carbons (Fsp3) is 0.172. The average Bonchev–Trinajstić information content (AvgIpc) is 3.02. The van der Waals surface area contributed by atoms with E-state index >= 15 is 0 Å². The summed E-state index contributed by atoms with van der Waals surface area (Å²) in [6, 6.07) is 11.9. The van der Waals surface area contributed by atoms with E-state index in [1.807, 2.05) is 6.07 Å². The molecule has 0 atom stereocenters. The minimum Gasteiger partial charge on any atom is -0.497 e. The molecule has 210 valence electrons. The van der Waals surface area contributed by atoms with Gasteiger partial charge in [-0.15, -0.1) is 0 Å². The van der Waals surface area contributed by atoms with Crippen LogP contribution in [0.5, 0.6) is 11.5 Å². The zero-order chi connectivity index (χ0) is 29.5. The third-order valence-corrected chi connectivity index (χ3v) is 6.14. The van der Waals surface area contributed by atoms with Gasteiger partial charge in [0.15, 0.2) is 0 Å². The van der Waals surface area contributed by atoms with Gasteiger partial charge < -0.3 is 28.5 Å². The Balaban J connectivity index is 0.000000218. The number of nitrogens with zero attached hydrogens (tertiary/aromatic N) is 3. The van der Waals surface area contributed by atoms with E-state index in [1.54, 1.807) is 50.6 Å². The first-order valence-electron chi connectivity index (χ1n) is 12.1. The second-order valence-corrected chi connectivity index (χ2v) is 8.47. The molecule has 0 radical (unpaired) electrons. The topological polar surface area (TPSA) is 152 Å². The van der Waals surface area contributed by atoms with Crippen molar-refractivity contribution in [2.24, 2.45) is 0 Å². The van der Waals surface area contributed by atoms with Crippen molar-refractivity contribution < 1.29 is 28.5 Å². The standard InChI is InChI=1S/C19H18N2O5.C10H8N2O3/c1-24-13-7-6-12(16(9-13)25-2)10-21-11-15(19(23)26-3)17-14(18(21)22)5-4-8-20-17;1-15-10(14)7-5-12-9(13)6-3-2-4-11-8(6)7/h4-9,11H,10H2,1-3H3;2-5H,1H3,(H,12,13). The van der Waals surface area contributed by atoms with E-state index in [1.165, 1.54) is 43.6 Å². The number of carbonyl (C=O) groups is 2. The highest BCUT2D eigenvalue weighted by atomic mass is 16.5. The molecule has 12 heteroatoms. The molecule has 0 aliphatic carbocycles. The van der Waals surface area contributed by atoms with Gasteiger partial charge in [-0.1, -0.05) is 0 Å².